The van der Waals surface area contributed by atoms with Gasteiger partial charge in [-0.25, -0.2) is 0 Å². The molecule has 0 atom stereocenters. The molecule has 3 rings (SSSR count). The van der Waals surface area contributed by atoms with Crippen LogP contribution in [0.3, 0.4) is 0 Å². The highest BCUT2D eigenvalue weighted by Gasteiger charge is 2.16. The molecule has 0 radical (unpaired) electrons. The number of ketones is 1. The SMILES string of the molecule is O=C(c1ccsc1)c1c[nH]c2cccc(Cl)c12. The average molecular weight is 262 g/mol. The van der Waals surface area contributed by atoms with Gasteiger partial charge >= 0.3 is 0 Å². The predicted molar refractivity (Wildman–Crippen MR) is 71.1 cm³/mol. The molecule has 4 heteroatoms. The smallest absolute Gasteiger partial charge is 0.196 e. The highest BCUT2D eigenvalue weighted by molar-refractivity contribution is 7.08. The lowest BCUT2D eigenvalue weighted by Gasteiger charge is -1.98. The number of fused-ring (bicyclic) bond motifs is 1. The Bertz CT molecular complexity index is 685. The fraction of sp³-hybridized carbons (Fsp3) is 0. The number of aromatic amines is 1. The molecule has 1 aromatic carbocycles. The molecule has 0 spiro atoms. The number of nitrogens with one attached hydrogen (secondary N) is 1. The highest BCUT2D eigenvalue weighted by atomic mass is 35.5. The van der Waals surface area contributed by atoms with E-state index in [0.717, 1.165) is 10.9 Å². The molecule has 2 nitrogen and oxygen atoms in total. The van der Waals surface area contributed by atoms with Crippen molar-refractivity contribution >= 4 is 39.6 Å². The molecule has 0 saturated heterocycles. The van der Waals surface area contributed by atoms with E-state index >= 15 is 0 Å². The second-order valence-corrected chi connectivity index (χ2v) is 4.89. The van der Waals surface area contributed by atoms with Crippen molar-refractivity contribution in [1.82, 2.24) is 4.98 Å². The van der Waals surface area contributed by atoms with E-state index in [4.69, 9.17) is 11.6 Å². The zero-order chi connectivity index (χ0) is 11.8. The zero-order valence-corrected chi connectivity index (χ0v) is 10.3. The molecule has 2 heterocycles. The minimum Gasteiger partial charge on any atom is -0.360 e. The summed E-state index contributed by atoms with van der Waals surface area (Å²) >= 11 is 7.65. The second kappa shape index (κ2) is 4.02. The summed E-state index contributed by atoms with van der Waals surface area (Å²) in [6.07, 6.45) is 1.72. The number of hydrogen-bond acceptors (Lipinski definition) is 2. The Morgan fingerprint density at radius 1 is 1.29 bits per heavy atom. The first kappa shape index (κ1) is 10.6. The van der Waals surface area contributed by atoms with Gasteiger partial charge in [0.05, 0.1) is 5.02 Å². The number of halogens is 1. The van der Waals surface area contributed by atoms with Gasteiger partial charge < -0.3 is 4.98 Å². The second-order valence-electron chi connectivity index (χ2n) is 3.71. The van der Waals surface area contributed by atoms with E-state index in [0.29, 0.717) is 16.1 Å². The molecule has 0 aliphatic rings. The van der Waals surface area contributed by atoms with Crippen LogP contribution in [-0.4, -0.2) is 10.8 Å². The van der Waals surface area contributed by atoms with Gasteiger partial charge in [-0.2, -0.15) is 11.3 Å². The summed E-state index contributed by atoms with van der Waals surface area (Å²) in [6, 6.07) is 7.39. The summed E-state index contributed by atoms with van der Waals surface area (Å²) in [7, 11) is 0. The molecular formula is C13H8ClNOS. The maximum atomic E-state index is 12.3. The maximum Gasteiger partial charge on any atom is 0.196 e. The monoisotopic (exact) mass is 261 g/mol. The van der Waals surface area contributed by atoms with E-state index in [1.54, 1.807) is 12.3 Å². The van der Waals surface area contributed by atoms with Gasteiger partial charge in [-0.15, -0.1) is 0 Å². The van der Waals surface area contributed by atoms with E-state index < -0.39 is 0 Å². The van der Waals surface area contributed by atoms with Crippen LogP contribution in [0.4, 0.5) is 0 Å². The molecule has 3 aromatic rings. The quantitative estimate of drug-likeness (QED) is 0.692. The number of aromatic nitrogens is 1. The number of carbonyl (C=O) groups is 1. The number of hydrogen-bond donors (Lipinski definition) is 1. The van der Waals surface area contributed by atoms with Crippen molar-refractivity contribution in [2.45, 2.75) is 0 Å². The molecule has 84 valence electrons. The van der Waals surface area contributed by atoms with Gasteiger partial charge in [0.25, 0.3) is 0 Å². The largest absolute Gasteiger partial charge is 0.360 e. The van der Waals surface area contributed by atoms with E-state index in [1.807, 2.05) is 29.0 Å². The molecular weight excluding hydrogens is 254 g/mol. The first-order valence-electron chi connectivity index (χ1n) is 5.10. The van der Waals surface area contributed by atoms with Crippen molar-refractivity contribution in [1.29, 1.82) is 0 Å². The van der Waals surface area contributed by atoms with Crippen LogP contribution in [0, 0.1) is 0 Å². The third-order valence-corrected chi connectivity index (χ3v) is 3.68. The Morgan fingerprint density at radius 2 is 2.18 bits per heavy atom. The molecule has 0 amide bonds. The van der Waals surface area contributed by atoms with Crippen LogP contribution in [-0.2, 0) is 0 Å². The summed E-state index contributed by atoms with van der Waals surface area (Å²) in [5.41, 5.74) is 2.22. The number of carbonyl (C=O) groups excluding carboxylic acids is 1. The lowest BCUT2D eigenvalue weighted by molar-refractivity contribution is 0.104. The summed E-state index contributed by atoms with van der Waals surface area (Å²) < 4.78 is 0. The topological polar surface area (TPSA) is 32.9 Å². The lowest BCUT2D eigenvalue weighted by atomic mass is 10.1. The van der Waals surface area contributed by atoms with Gasteiger partial charge in [0.1, 0.15) is 0 Å². The molecule has 1 N–H and O–H groups in total. The van der Waals surface area contributed by atoms with Gasteiger partial charge in [-0.3, -0.25) is 4.79 Å². The minimum atomic E-state index is 0.00519. The standard InChI is InChI=1S/C13H8ClNOS/c14-10-2-1-3-11-12(10)9(6-15-11)13(16)8-4-5-17-7-8/h1-7,15H. The molecule has 17 heavy (non-hydrogen) atoms. The number of thiophene rings is 1. The van der Waals surface area contributed by atoms with Crippen LogP contribution in [0.5, 0.6) is 0 Å². The van der Waals surface area contributed by atoms with Gasteiger partial charge in [0.2, 0.25) is 0 Å². The van der Waals surface area contributed by atoms with Gasteiger partial charge in [0, 0.05) is 33.6 Å². The Hall–Kier alpha value is -1.58. The van der Waals surface area contributed by atoms with Crippen LogP contribution in [0.25, 0.3) is 10.9 Å². The van der Waals surface area contributed by atoms with Crippen LogP contribution < -0.4 is 0 Å². The molecule has 0 bridgehead atoms. The van der Waals surface area contributed by atoms with Crippen molar-refractivity contribution in [3.05, 3.63) is 57.4 Å². The van der Waals surface area contributed by atoms with Crippen LogP contribution in [0.1, 0.15) is 15.9 Å². The molecule has 0 fully saturated rings. The number of H-pyrrole nitrogens is 1. The lowest BCUT2D eigenvalue weighted by Crippen LogP contribution is -1.98. The van der Waals surface area contributed by atoms with Crippen molar-refractivity contribution in [3.8, 4) is 0 Å². The average Bonchev–Trinajstić information content (AvgIpc) is 2.98. The van der Waals surface area contributed by atoms with Gasteiger partial charge in [-0.05, 0) is 23.6 Å². The van der Waals surface area contributed by atoms with Gasteiger partial charge in [-0.1, -0.05) is 17.7 Å². The minimum absolute atomic E-state index is 0.00519. The molecule has 2 aromatic heterocycles. The first-order valence-corrected chi connectivity index (χ1v) is 6.42. The van der Waals surface area contributed by atoms with Gasteiger partial charge in [0.15, 0.2) is 5.78 Å². The van der Waals surface area contributed by atoms with Crippen molar-refractivity contribution in [2.24, 2.45) is 0 Å². The number of benzene rings is 1. The third-order valence-electron chi connectivity index (χ3n) is 2.68. The third kappa shape index (κ3) is 1.68. The summed E-state index contributed by atoms with van der Waals surface area (Å²) in [5, 5.41) is 5.13. The fourth-order valence-electron chi connectivity index (χ4n) is 1.87. The predicted octanol–water partition coefficient (Wildman–Crippen LogP) is 4.11. The van der Waals surface area contributed by atoms with Crippen LogP contribution >= 0.6 is 22.9 Å². The van der Waals surface area contributed by atoms with E-state index in [1.165, 1.54) is 11.3 Å². The van der Waals surface area contributed by atoms with E-state index in [9.17, 15) is 4.79 Å². The molecule has 0 saturated carbocycles. The Kier molecular flexibility index (Phi) is 2.50. The summed E-state index contributed by atoms with van der Waals surface area (Å²) in [4.78, 5) is 15.3. The van der Waals surface area contributed by atoms with Crippen molar-refractivity contribution in [3.63, 3.8) is 0 Å². The fourth-order valence-corrected chi connectivity index (χ4v) is 2.78. The molecule has 0 unspecified atom stereocenters. The van der Waals surface area contributed by atoms with Crippen molar-refractivity contribution in [2.75, 3.05) is 0 Å². The summed E-state index contributed by atoms with van der Waals surface area (Å²) in [5.74, 6) is 0.00519. The summed E-state index contributed by atoms with van der Waals surface area (Å²) in [6.45, 7) is 0. The molecule has 0 aliphatic carbocycles. The van der Waals surface area contributed by atoms with Crippen LogP contribution in [0.2, 0.25) is 5.02 Å². The first-order chi connectivity index (χ1) is 8.27. The molecule has 0 aliphatic heterocycles. The zero-order valence-electron chi connectivity index (χ0n) is 8.74. The number of rotatable bonds is 2. The maximum absolute atomic E-state index is 12.3. The van der Waals surface area contributed by atoms with Crippen molar-refractivity contribution < 1.29 is 4.79 Å². The van der Waals surface area contributed by atoms with E-state index in [2.05, 4.69) is 4.98 Å². The Balaban J connectivity index is 2.22. The highest BCUT2D eigenvalue weighted by Crippen LogP contribution is 2.28. The Morgan fingerprint density at radius 3 is 2.94 bits per heavy atom. The van der Waals surface area contributed by atoms with Crippen LogP contribution in [0.15, 0.2) is 41.2 Å². The normalized spacial score (nSPS) is 10.9. The Labute approximate surface area is 107 Å². The van der Waals surface area contributed by atoms with E-state index in [-0.39, 0.29) is 5.78 Å².